The molecule has 322 valence electrons. The minimum atomic E-state index is -2.38. The van der Waals surface area contributed by atoms with Crippen molar-refractivity contribution in [2.45, 2.75) is 122 Å². The third-order valence-corrected chi connectivity index (χ3v) is 13.2. The van der Waals surface area contributed by atoms with Gasteiger partial charge in [-0.3, -0.25) is 19.2 Å². The van der Waals surface area contributed by atoms with Gasteiger partial charge in [-0.15, -0.1) is 0 Å². The number of carbonyl (C=O) groups excluding carboxylic acids is 6. The molecule has 6 rings (SSSR count). The molecule has 15 heteroatoms. The molecule has 0 aromatic heterocycles. The average molecular weight is 832 g/mol. The first-order chi connectivity index (χ1) is 28.1. The molecule has 60 heavy (non-hydrogen) atoms. The summed E-state index contributed by atoms with van der Waals surface area (Å²) in [4.78, 5) is 82.9. The average Bonchev–Trinajstić information content (AvgIpc) is 3.20. The van der Waals surface area contributed by atoms with E-state index < -0.39 is 113 Å². The van der Waals surface area contributed by atoms with Gasteiger partial charge >= 0.3 is 23.9 Å². The van der Waals surface area contributed by atoms with Crippen molar-refractivity contribution in [1.82, 2.24) is 5.32 Å². The summed E-state index contributed by atoms with van der Waals surface area (Å²) in [6, 6.07) is 14.8. The van der Waals surface area contributed by atoms with Crippen LogP contribution in [0.3, 0.4) is 0 Å². The molecule has 0 spiro atoms. The van der Waals surface area contributed by atoms with Gasteiger partial charge in [0.25, 0.3) is 0 Å². The number of ether oxygens (including phenoxy) is 5. The molecule has 1 saturated heterocycles. The second-order valence-electron chi connectivity index (χ2n) is 17.0. The van der Waals surface area contributed by atoms with Gasteiger partial charge < -0.3 is 44.3 Å². The van der Waals surface area contributed by atoms with Crippen molar-refractivity contribution in [3.63, 3.8) is 0 Å². The Bertz CT molecular complexity index is 2110. The summed E-state index contributed by atoms with van der Waals surface area (Å²) in [5, 5.41) is 40.0. The Kier molecular flexibility index (Phi) is 12.1. The van der Waals surface area contributed by atoms with E-state index in [0.717, 1.165) is 13.8 Å². The highest BCUT2D eigenvalue weighted by Gasteiger charge is 2.78. The highest BCUT2D eigenvalue weighted by Crippen LogP contribution is 2.64. The minimum absolute atomic E-state index is 0.00140. The SMILES string of the molecule is C/C=C(\C)C(=O)N[C@@H](c1ccccc1)[C@@H](O)C(=O)O[C@H]1C[C@@]2(O)C(OC(=O)c3ccccc3)C3[C@@]4(OC(C)=O)CO[C@@H]4C[C@H](O)[C@@]3(C)C(=O)[C@H](OC(C)=O)C(=C1C)C2(C)C. The third-order valence-electron chi connectivity index (χ3n) is 13.2. The first-order valence-electron chi connectivity index (χ1n) is 19.9. The molecule has 0 radical (unpaired) electrons. The van der Waals surface area contributed by atoms with Gasteiger partial charge in [-0.1, -0.05) is 68.5 Å². The number of amides is 1. The van der Waals surface area contributed by atoms with Gasteiger partial charge in [0.15, 0.2) is 23.6 Å². The van der Waals surface area contributed by atoms with Gasteiger partial charge in [-0.25, -0.2) is 9.59 Å². The van der Waals surface area contributed by atoms with Crippen LogP contribution in [0.15, 0.2) is 83.5 Å². The molecule has 4 aliphatic rings. The topological polar surface area (TPSA) is 221 Å². The minimum Gasteiger partial charge on any atom is -0.456 e. The van der Waals surface area contributed by atoms with Crippen molar-refractivity contribution in [2.75, 3.05) is 6.61 Å². The fraction of sp³-hybridized carbons (Fsp3) is 0.511. The zero-order chi connectivity index (χ0) is 44.1. The Morgan fingerprint density at radius 2 is 1.53 bits per heavy atom. The fourth-order valence-electron chi connectivity index (χ4n) is 9.75. The lowest BCUT2D eigenvalue weighted by atomic mass is 9.44. The summed E-state index contributed by atoms with van der Waals surface area (Å²) < 4.78 is 30.2. The summed E-state index contributed by atoms with van der Waals surface area (Å²) >= 11 is 0. The Morgan fingerprint density at radius 3 is 2.08 bits per heavy atom. The standard InChI is InChI=1S/C45H53NO14/c1-9-23(2)39(52)46-33(27-16-12-10-13-17-27)34(50)41(54)58-29-21-45(55)38(59-40(53)28-18-14-11-15-19-28)36-43(8,30(49)20-31-44(36,22-56-31)60-26(5)48)37(51)35(57-25(4)47)32(24(29)3)42(45,6)7/h9-19,29-31,33-36,38,49-50,55H,20-22H2,1-8H3,(H,46,52)/b23-9+/t29-,30-,31+,33-,34+,35+,36?,38?,43+,44+,45+/m0/s1. The molecule has 3 aliphatic carbocycles. The smallest absolute Gasteiger partial charge is 0.338 e. The Labute approximate surface area is 348 Å². The molecule has 3 fully saturated rings. The molecule has 1 heterocycles. The van der Waals surface area contributed by atoms with Gasteiger partial charge in [0, 0.05) is 37.7 Å². The van der Waals surface area contributed by atoms with Gasteiger partial charge in [0.2, 0.25) is 5.91 Å². The van der Waals surface area contributed by atoms with E-state index in [1.165, 1.54) is 26.0 Å². The molecule has 2 aromatic rings. The van der Waals surface area contributed by atoms with E-state index in [0.29, 0.717) is 11.1 Å². The maximum Gasteiger partial charge on any atom is 0.338 e. The molecule has 2 saturated carbocycles. The third kappa shape index (κ3) is 7.24. The van der Waals surface area contributed by atoms with Crippen LogP contribution in [0.2, 0.25) is 0 Å². The van der Waals surface area contributed by atoms with Crippen LogP contribution in [0.25, 0.3) is 0 Å². The maximum absolute atomic E-state index is 15.4. The number of fused-ring (bicyclic) bond motifs is 5. The summed E-state index contributed by atoms with van der Waals surface area (Å²) in [5.74, 6) is -6.78. The number of rotatable bonds is 10. The van der Waals surface area contributed by atoms with Crippen LogP contribution in [0.5, 0.6) is 0 Å². The highest BCUT2D eigenvalue weighted by atomic mass is 16.6. The number of Topliss-reactive ketones (excluding diaryl/α,β-unsaturated/α-hetero) is 1. The normalized spacial score (nSPS) is 32.9. The van der Waals surface area contributed by atoms with E-state index >= 15 is 4.79 Å². The van der Waals surface area contributed by atoms with Crippen LogP contribution < -0.4 is 5.32 Å². The number of benzene rings is 2. The van der Waals surface area contributed by atoms with Crippen molar-refractivity contribution in [1.29, 1.82) is 0 Å². The zero-order valence-electron chi connectivity index (χ0n) is 34.9. The Hall–Kier alpha value is -5.22. The van der Waals surface area contributed by atoms with Crippen LogP contribution in [-0.2, 0) is 47.7 Å². The van der Waals surface area contributed by atoms with Crippen molar-refractivity contribution in [2.24, 2.45) is 16.7 Å². The zero-order valence-corrected chi connectivity index (χ0v) is 34.9. The highest BCUT2D eigenvalue weighted by molar-refractivity contribution is 5.96. The van der Waals surface area contributed by atoms with Crippen LogP contribution >= 0.6 is 0 Å². The molecule has 2 unspecified atom stereocenters. The van der Waals surface area contributed by atoms with E-state index in [9.17, 15) is 39.3 Å². The van der Waals surface area contributed by atoms with Crippen molar-refractivity contribution in [3.8, 4) is 0 Å². The van der Waals surface area contributed by atoms with Crippen molar-refractivity contribution < 1.29 is 67.8 Å². The number of ketones is 1. The molecule has 2 bridgehead atoms. The molecular formula is C45H53NO14. The Balaban J connectivity index is 1.56. The van der Waals surface area contributed by atoms with Gasteiger partial charge in [0.05, 0.1) is 35.6 Å². The van der Waals surface area contributed by atoms with E-state index in [-0.39, 0.29) is 29.7 Å². The summed E-state index contributed by atoms with van der Waals surface area (Å²) in [6.45, 7) is 11.2. The lowest BCUT2D eigenvalue weighted by molar-refractivity contribution is -0.346. The molecule has 4 N–H and O–H groups in total. The summed E-state index contributed by atoms with van der Waals surface area (Å²) in [5.41, 5.74) is -6.91. The monoisotopic (exact) mass is 831 g/mol. The number of hydrogen-bond donors (Lipinski definition) is 4. The van der Waals surface area contributed by atoms with Crippen LogP contribution in [-0.4, -0.2) is 105 Å². The van der Waals surface area contributed by atoms with Gasteiger partial charge in [-0.05, 0) is 56.5 Å². The molecule has 1 aliphatic heterocycles. The summed E-state index contributed by atoms with van der Waals surface area (Å²) in [6.07, 6.45) is -8.88. The lowest BCUT2D eigenvalue weighted by Gasteiger charge is -2.67. The quantitative estimate of drug-likeness (QED) is 0.117. The van der Waals surface area contributed by atoms with E-state index in [2.05, 4.69) is 5.32 Å². The Morgan fingerprint density at radius 1 is 0.917 bits per heavy atom. The fourth-order valence-corrected chi connectivity index (χ4v) is 9.75. The van der Waals surface area contributed by atoms with E-state index in [4.69, 9.17) is 23.7 Å². The predicted molar refractivity (Wildman–Crippen MR) is 211 cm³/mol. The second kappa shape index (κ2) is 16.3. The van der Waals surface area contributed by atoms with Gasteiger partial charge in [0.1, 0.15) is 23.9 Å². The van der Waals surface area contributed by atoms with Crippen LogP contribution in [0.1, 0.15) is 90.2 Å². The number of allylic oxidation sites excluding steroid dienone is 1. The van der Waals surface area contributed by atoms with E-state index in [1.54, 1.807) is 82.3 Å². The van der Waals surface area contributed by atoms with Crippen LogP contribution in [0.4, 0.5) is 0 Å². The number of hydrogen-bond acceptors (Lipinski definition) is 14. The largest absolute Gasteiger partial charge is 0.456 e. The number of nitrogens with one attached hydrogen (secondary N) is 1. The maximum atomic E-state index is 15.4. The number of aliphatic hydroxyl groups is 3. The molecular weight excluding hydrogens is 778 g/mol. The van der Waals surface area contributed by atoms with Crippen molar-refractivity contribution in [3.05, 3.63) is 94.6 Å². The first-order valence-corrected chi connectivity index (χ1v) is 19.9. The second-order valence-corrected chi connectivity index (χ2v) is 17.0. The molecule has 11 atom stereocenters. The number of esters is 4. The molecule has 2 aromatic carbocycles. The van der Waals surface area contributed by atoms with E-state index in [1.807, 2.05) is 0 Å². The van der Waals surface area contributed by atoms with Crippen molar-refractivity contribution >= 4 is 35.6 Å². The number of aliphatic hydroxyl groups excluding tert-OH is 2. The molecule has 1 amide bonds. The number of carbonyl (C=O) groups is 6. The summed E-state index contributed by atoms with van der Waals surface area (Å²) in [7, 11) is 0. The predicted octanol–water partition coefficient (Wildman–Crippen LogP) is 3.39. The van der Waals surface area contributed by atoms with Gasteiger partial charge in [-0.2, -0.15) is 0 Å². The first kappa shape index (κ1) is 44.3. The van der Waals surface area contributed by atoms with Crippen LogP contribution in [0, 0.1) is 16.7 Å². The lowest BCUT2D eigenvalue weighted by Crippen LogP contribution is -2.82. The molecule has 15 nitrogen and oxygen atoms in total.